The van der Waals surface area contributed by atoms with Crippen LogP contribution in [0, 0.1) is 0 Å². The summed E-state index contributed by atoms with van der Waals surface area (Å²) >= 11 is 0. The molecule has 1 saturated carbocycles. The van der Waals surface area contributed by atoms with Crippen molar-refractivity contribution in [2.75, 3.05) is 50.7 Å². The fourth-order valence-corrected chi connectivity index (χ4v) is 4.90. The molecule has 1 aromatic carbocycles. The van der Waals surface area contributed by atoms with E-state index in [-0.39, 0.29) is 30.8 Å². The topological polar surface area (TPSA) is 85.0 Å². The molecule has 1 aromatic rings. The molecule has 1 spiro atoms. The zero-order valence-corrected chi connectivity index (χ0v) is 18.1. The molecule has 8 heteroatoms. The summed E-state index contributed by atoms with van der Waals surface area (Å²) in [4.78, 5) is 43.2. The number of amides is 4. The Morgan fingerprint density at radius 1 is 0.968 bits per heavy atom. The predicted molar refractivity (Wildman–Crippen MR) is 119 cm³/mol. The Morgan fingerprint density at radius 2 is 1.68 bits per heavy atom. The van der Waals surface area contributed by atoms with E-state index in [1.807, 2.05) is 6.07 Å². The van der Waals surface area contributed by atoms with Crippen LogP contribution in [0.4, 0.5) is 10.5 Å². The molecule has 31 heavy (non-hydrogen) atoms. The Bertz CT molecular complexity index is 786. The second kappa shape index (κ2) is 9.68. The molecule has 2 aliphatic heterocycles. The van der Waals surface area contributed by atoms with Crippen LogP contribution in [0.25, 0.3) is 0 Å². The lowest BCUT2D eigenvalue weighted by atomic mass is 9.82. The van der Waals surface area contributed by atoms with Crippen molar-refractivity contribution >= 4 is 23.5 Å². The first kappa shape index (κ1) is 21.6. The number of anilines is 1. The van der Waals surface area contributed by atoms with Crippen molar-refractivity contribution < 1.29 is 14.4 Å². The molecule has 2 heterocycles. The zero-order chi connectivity index (χ0) is 21.7. The third kappa shape index (κ3) is 5.01. The fraction of sp³-hybridized carbons (Fsp3) is 0.609. The third-order valence-corrected chi connectivity index (χ3v) is 6.76. The minimum atomic E-state index is -0.715. The first-order valence-corrected chi connectivity index (χ1v) is 11.5. The Hall–Kier alpha value is -2.61. The average Bonchev–Trinajstić information content (AvgIpc) is 3.02. The van der Waals surface area contributed by atoms with Crippen molar-refractivity contribution in [2.45, 2.75) is 44.1 Å². The van der Waals surface area contributed by atoms with E-state index in [2.05, 4.69) is 44.7 Å². The normalized spacial score (nSPS) is 21.4. The monoisotopic (exact) mass is 427 g/mol. The Kier molecular flexibility index (Phi) is 6.75. The minimum Gasteiger partial charge on any atom is -0.369 e. The van der Waals surface area contributed by atoms with E-state index in [1.54, 1.807) is 0 Å². The maximum absolute atomic E-state index is 12.8. The van der Waals surface area contributed by atoms with Gasteiger partial charge in [0.25, 0.3) is 5.91 Å². The SMILES string of the molecule is O=C(CCN1C(=O)NC2(CCCCC2)C1=O)NCCN1CCN(c2ccccc2)CC1. The van der Waals surface area contributed by atoms with Crippen LogP contribution in [0.1, 0.15) is 38.5 Å². The van der Waals surface area contributed by atoms with Crippen molar-refractivity contribution in [2.24, 2.45) is 0 Å². The highest BCUT2D eigenvalue weighted by molar-refractivity contribution is 6.07. The number of piperazine rings is 1. The van der Waals surface area contributed by atoms with Crippen molar-refractivity contribution in [3.8, 4) is 0 Å². The lowest BCUT2D eigenvalue weighted by Crippen LogP contribution is -2.49. The number of nitrogens with one attached hydrogen (secondary N) is 2. The van der Waals surface area contributed by atoms with E-state index in [0.29, 0.717) is 19.4 Å². The molecular weight excluding hydrogens is 394 g/mol. The van der Waals surface area contributed by atoms with Gasteiger partial charge in [-0.15, -0.1) is 0 Å². The molecule has 0 unspecified atom stereocenters. The van der Waals surface area contributed by atoms with E-state index >= 15 is 0 Å². The molecule has 0 bridgehead atoms. The second-order valence-electron chi connectivity index (χ2n) is 8.79. The average molecular weight is 428 g/mol. The van der Waals surface area contributed by atoms with Gasteiger partial charge in [-0.1, -0.05) is 37.5 Å². The summed E-state index contributed by atoms with van der Waals surface area (Å²) in [5.41, 5.74) is 0.541. The molecule has 3 aliphatic rings. The van der Waals surface area contributed by atoms with E-state index < -0.39 is 5.54 Å². The van der Waals surface area contributed by atoms with Crippen LogP contribution in [0.5, 0.6) is 0 Å². The molecule has 0 atom stereocenters. The molecule has 8 nitrogen and oxygen atoms in total. The highest BCUT2D eigenvalue weighted by Crippen LogP contribution is 2.33. The summed E-state index contributed by atoms with van der Waals surface area (Å²) < 4.78 is 0. The maximum atomic E-state index is 12.8. The van der Waals surface area contributed by atoms with Crippen LogP contribution in [-0.2, 0) is 9.59 Å². The lowest BCUT2D eigenvalue weighted by Gasteiger charge is -2.36. The van der Waals surface area contributed by atoms with Crippen molar-refractivity contribution in [3.05, 3.63) is 30.3 Å². The molecule has 4 rings (SSSR count). The van der Waals surface area contributed by atoms with Gasteiger partial charge >= 0.3 is 6.03 Å². The summed E-state index contributed by atoms with van der Waals surface area (Å²) in [6.45, 7) is 5.42. The van der Waals surface area contributed by atoms with Gasteiger partial charge in [0.2, 0.25) is 5.91 Å². The van der Waals surface area contributed by atoms with E-state index in [0.717, 1.165) is 52.0 Å². The highest BCUT2D eigenvalue weighted by Gasteiger charge is 2.51. The number of benzene rings is 1. The Labute approximate surface area is 183 Å². The van der Waals surface area contributed by atoms with Crippen LogP contribution in [0.2, 0.25) is 0 Å². The number of para-hydroxylation sites is 1. The van der Waals surface area contributed by atoms with Gasteiger partial charge < -0.3 is 15.5 Å². The fourth-order valence-electron chi connectivity index (χ4n) is 4.90. The number of carbonyl (C=O) groups is 3. The molecule has 3 fully saturated rings. The quantitative estimate of drug-likeness (QED) is 0.646. The smallest absolute Gasteiger partial charge is 0.325 e. The van der Waals surface area contributed by atoms with Crippen molar-refractivity contribution in [1.82, 2.24) is 20.4 Å². The number of carbonyl (C=O) groups excluding carboxylic acids is 3. The molecule has 4 amide bonds. The molecular formula is C23H33N5O3. The van der Waals surface area contributed by atoms with Crippen LogP contribution in [0.3, 0.4) is 0 Å². The van der Waals surface area contributed by atoms with Crippen LogP contribution >= 0.6 is 0 Å². The van der Waals surface area contributed by atoms with Gasteiger partial charge in [-0.2, -0.15) is 0 Å². The second-order valence-corrected chi connectivity index (χ2v) is 8.79. The van der Waals surface area contributed by atoms with Crippen LogP contribution in [0.15, 0.2) is 30.3 Å². The minimum absolute atomic E-state index is 0.117. The van der Waals surface area contributed by atoms with Crippen molar-refractivity contribution in [1.29, 1.82) is 0 Å². The standard InChI is InChI=1S/C23H33N5O3/c29-20(9-13-28-21(30)23(25-22(28)31)10-5-2-6-11-23)24-12-14-26-15-17-27(18-16-26)19-7-3-1-4-8-19/h1,3-4,7-8H,2,5-6,9-18H2,(H,24,29)(H,25,31). The molecule has 1 aliphatic carbocycles. The predicted octanol–water partition coefficient (Wildman–Crippen LogP) is 1.57. The van der Waals surface area contributed by atoms with Gasteiger partial charge in [-0.3, -0.25) is 19.4 Å². The largest absolute Gasteiger partial charge is 0.369 e. The third-order valence-electron chi connectivity index (χ3n) is 6.76. The number of imide groups is 1. The summed E-state index contributed by atoms with van der Waals surface area (Å²) in [6.07, 6.45) is 4.58. The maximum Gasteiger partial charge on any atom is 0.325 e. The van der Waals surface area contributed by atoms with E-state index in [9.17, 15) is 14.4 Å². The summed E-state index contributed by atoms with van der Waals surface area (Å²) in [6, 6.07) is 10.1. The van der Waals surface area contributed by atoms with Crippen LogP contribution in [-0.4, -0.2) is 79.0 Å². The Balaban J connectivity index is 1.14. The Morgan fingerprint density at radius 3 is 2.39 bits per heavy atom. The molecule has 168 valence electrons. The molecule has 2 saturated heterocycles. The number of urea groups is 1. The van der Waals surface area contributed by atoms with Gasteiger partial charge in [0.15, 0.2) is 0 Å². The summed E-state index contributed by atoms with van der Waals surface area (Å²) in [5.74, 6) is -0.269. The van der Waals surface area contributed by atoms with Gasteiger partial charge in [-0.25, -0.2) is 4.79 Å². The lowest BCUT2D eigenvalue weighted by molar-refractivity contribution is -0.132. The van der Waals surface area contributed by atoms with Gasteiger partial charge in [0, 0.05) is 57.9 Å². The number of hydrogen-bond donors (Lipinski definition) is 2. The van der Waals surface area contributed by atoms with Gasteiger partial charge in [0.1, 0.15) is 5.54 Å². The van der Waals surface area contributed by atoms with E-state index in [4.69, 9.17) is 0 Å². The molecule has 0 radical (unpaired) electrons. The highest BCUT2D eigenvalue weighted by atomic mass is 16.2. The summed E-state index contributed by atoms with van der Waals surface area (Å²) in [7, 11) is 0. The first-order valence-electron chi connectivity index (χ1n) is 11.5. The van der Waals surface area contributed by atoms with Gasteiger partial charge in [0.05, 0.1) is 0 Å². The summed E-state index contributed by atoms with van der Waals surface area (Å²) in [5, 5.41) is 5.82. The zero-order valence-electron chi connectivity index (χ0n) is 18.1. The van der Waals surface area contributed by atoms with Crippen molar-refractivity contribution in [3.63, 3.8) is 0 Å². The van der Waals surface area contributed by atoms with E-state index in [1.165, 1.54) is 10.6 Å². The first-order chi connectivity index (χ1) is 15.1. The molecule has 2 N–H and O–H groups in total. The number of nitrogens with zero attached hydrogens (tertiary/aromatic N) is 3. The number of rotatable bonds is 7. The van der Waals surface area contributed by atoms with Gasteiger partial charge in [-0.05, 0) is 25.0 Å². The number of hydrogen-bond acceptors (Lipinski definition) is 5. The van der Waals surface area contributed by atoms with Crippen LogP contribution < -0.4 is 15.5 Å². The molecule has 0 aromatic heterocycles.